The number of ether oxygens (including phenoxy) is 2. The van der Waals surface area contributed by atoms with Gasteiger partial charge in [0.25, 0.3) is 0 Å². The lowest BCUT2D eigenvalue weighted by Gasteiger charge is -2.10. The number of benzene rings is 1. The van der Waals surface area contributed by atoms with Crippen LogP contribution in [0, 0.1) is 0 Å². The van der Waals surface area contributed by atoms with Gasteiger partial charge in [-0.3, -0.25) is 0 Å². The number of hydrogen-bond acceptors (Lipinski definition) is 2. The lowest BCUT2D eigenvalue weighted by molar-refractivity contribution is 0.146. The fourth-order valence-corrected chi connectivity index (χ4v) is 1.39. The monoisotopic (exact) mass is 214 g/mol. The fourth-order valence-electron chi connectivity index (χ4n) is 1.20. The van der Waals surface area contributed by atoms with E-state index in [0.717, 1.165) is 22.8 Å². The van der Waals surface area contributed by atoms with Crippen molar-refractivity contribution in [2.45, 2.75) is 13.3 Å². The minimum atomic E-state index is 0.575. The van der Waals surface area contributed by atoms with Gasteiger partial charge in [-0.15, -0.1) is 0 Å². The minimum Gasteiger partial charge on any atom is -0.491 e. The maximum Gasteiger partial charge on any atom is 0.122 e. The van der Waals surface area contributed by atoms with E-state index in [0.29, 0.717) is 13.2 Å². The number of hydrogen-bond donors (Lipinski definition) is 0. The zero-order chi connectivity index (χ0) is 10.4. The first-order chi connectivity index (χ1) is 6.77. The zero-order valence-corrected chi connectivity index (χ0v) is 9.30. The summed E-state index contributed by atoms with van der Waals surface area (Å²) < 4.78 is 10.4. The van der Waals surface area contributed by atoms with E-state index in [1.807, 2.05) is 18.2 Å². The van der Waals surface area contributed by atoms with E-state index < -0.39 is 0 Å². The Morgan fingerprint density at radius 1 is 1.29 bits per heavy atom. The van der Waals surface area contributed by atoms with Crippen LogP contribution >= 0.6 is 11.6 Å². The third-order valence-electron chi connectivity index (χ3n) is 1.95. The van der Waals surface area contributed by atoms with Crippen LogP contribution in [-0.4, -0.2) is 20.3 Å². The van der Waals surface area contributed by atoms with Gasteiger partial charge in [0.1, 0.15) is 12.4 Å². The van der Waals surface area contributed by atoms with E-state index in [2.05, 4.69) is 6.92 Å². The van der Waals surface area contributed by atoms with Crippen molar-refractivity contribution in [3.8, 4) is 5.75 Å². The van der Waals surface area contributed by atoms with Crippen LogP contribution < -0.4 is 4.74 Å². The molecule has 0 N–H and O–H groups in total. The minimum absolute atomic E-state index is 0.575. The van der Waals surface area contributed by atoms with Gasteiger partial charge >= 0.3 is 0 Å². The molecule has 0 aliphatic heterocycles. The first-order valence-corrected chi connectivity index (χ1v) is 5.06. The summed E-state index contributed by atoms with van der Waals surface area (Å²) in [6.07, 6.45) is 0.920. The molecule has 0 saturated heterocycles. The van der Waals surface area contributed by atoms with Gasteiger partial charge in [0, 0.05) is 12.1 Å². The second-order valence-corrected chi connectivity index (χ2v) is 3.38. The summed E-state index contributed by atoms with van der Waals surface area (Å²) in [5.41, 5.74) is 1.13. The predicted octanol–water partition coefficient (Wildman–Crippen LogP) is 2.93. The smallest absolute Gasteiger partial charge is 0.122 e. The van der Waals surface area contributed by atoms with Crippen molar-refractivity contribution in [3.63, 3.8) is 0 Å². The highest BCUT2D eigenvalue weighted by atomic mass is 35.5. The van der Waals surface area contributed by atoms with Gasteiger partial charge in [-0.1, -0.05) is 18.5 Å². The lowest BCUT2D eigenvalue weighted by Crippen LogP contribution is -2.05. The van der Waals surface area contributed by atoms with Crippen LogP contribution in [-0.2, 0) is 11.2 Å². The third-order valence-corrected chi connectivity index (χ3v) is 2.18. The first kappa shape index (κ1) is 11.3. The highest BCUT2D eigenvalue weighted by Crippen LogP contribution is 2.23. The standard InChI is InChI=1S/C11H15ClO2/c1-3-9-8-10(12)4-5-11(9)14-7-6-13-2/h4-5,8H,3,6-7H2,1-2H3. The SMILES string of the molecule is CCc1cc(Cl)ccc1OCCOC. The molecule has 0 bridgehead atoms. The van der Waals surface area contributed by atoms with Gasteiger partial charge in [-0.25, -0.2) is 0 Å². The summed E-state index contributed by atoms with van der Waals surface area (Å²) in [5.74, 6) is 0.897. The van der Waals surface area contributed by atoms with E-state index in [-0.39, 0.29) is 0 Å². The Kier molecular flexibility index (Phi) is 4.77. The normalized spacial score (nSPS) is 10.2. The summed E-state index contributed by atoms with van der Waals surface area (Å²) in [6, 6.07) is 5.67. The average molecular weight is 215 g/mol. The summed E-state index contributed by atoms with van der Waals surface area (Å²) >= 11 is 5.88. The molecule has 0 atom stereocenters. The molecular formula is C11H15ClO2. The van der Waals surface area contributed by atoms with Crippen molar-refractivity contribution in [1.29, 1.82) is 0 Å². The first-order valence-electron chi connectivity index (χ1n) is 4.68. The summed E-state index contributed by atoms with van der Waals surface area (Å²) in [6.45, 7) is 3.26. The van der Waals surface area contributed by atoms with Crippen LogP contribution in [0.2, 0.25) is 5.02 Å². The second-order valence-electron chi connectivity index (χ2n) is 2.95. The number of halogens is 1. The largest absolute Gasteiger partial charge is 0.491 e. The van der Waals surface area contributed by atoms with Crippen molar-refractivity contribution >= 4 is 11.6 Å². The average Bonchev–Trinajstić information content (AvgIpc) is 2.20. The van der Waals surface area contributed by atoms with E-state index >= 15 is 0 Å². The van der Waals surface area contributed by atoms with E-state index in [4.69, 9.17) is 21.1 Å². The molecule has 0 amide bonds. The highest BCUT2D eigenvalue weighted by molar-refractivity contribution is 6.30. The van der Waals surface area contributed by atoms with Crippen LogP contribution in [0.3, 0.4) is 0 Å². The van der Waals surface area contributed by atoms with E-state index in [1.54, 1.807) is 7.11 Å². The number of methoxy groups -OCH3 is 1. The Hall–Kier alpha value is -0.730. The Labute approximate surface area is 89.8 Å². The summed E-state index contributed by atoms with van der Waals surface area (Å²) in [7, 11) is 1.66. The van der Waals surface area contributed by atoms with Crippen molar-refractivity contribution in [2.75, 3.05) is 20.3 Å². The molecule has 0 unspecified atom stereocenters. The molecule has 0 spiro atoms. The second kappa shape index (κ2) is 5.89. The number of aryl methyl sites for hydroxylation is 1. The Bertz CT molecular complexity index is 287. The molecule has 14 heavy (non-hydrogen) atoms. The number of rotatable bonds is 5. The van der Waals surface area contributed by atoms with Crippen LogP contribution in [0.5, 0.6) is 5.75 Å². The molecule has 1 rings (SSSR count). The van der Waals surface area contributed by atoms with Gasteiger partial charge in [0.15, 0.2) is 0 Å². The third kappa shape index (κ3) is 3.20. The topological polar surface area (TPSA) is 18.5 Å². The summed E-state index contributed by atoms with van der Waals surface area (Å²) in [5, 5.41) is 0.751. The van der Waals surface area contributed by atoms with Crippen molar-refractivity contribution in [3.05, 3.63) is 28.8 Å². The van der Waals surface area contributed by atoms with Crippen molar-refractivity contribution < 1.29 is 9.47 Å². The fraction of sp³-hybridized carbons (Fsp3) is 0.455. The predicted molar refractivity (Wildman–Crippen MR) is 58.2 cm³/mol. The molecule has 3 heteroatoms. The molecular weight excluding hydrogens is 200 g/mol. The molecule has 0 fully saturated rings. The highest BCUT2D eigenvalue weighted by Gasteiger charge is 2.02. The maximum atomic E-state index is 5.88. The zero-order valence-electron chi connectivity index (χ0n) is 8.55. The molecule has 1 aromatic carbocycles. The van der Waals surface area contributed by atoms with Crippen molar-refractivity contribution in [2.24, 2.45) is 0 Å². The molecule has 0 radical (unpaired) electrons. The van der Waals surface area contributed by atoms with E-state index in [9.17, 15) is 0 Å². The molecule has 0 aliphatic rings. The van der Waals surface area contributed by atoms with Gasteiger partial charge in [-0.05, 0) is 30.2 Å². The van der Waals surface area contributed by atoms with Gasteiger partial charge < -0.3 is 9.47 Å². The van der Waals surface area contributed by atoms with Crippen LogP contribution in [0.1, 0.15) is 12.5 Å². The van der Waals surface area contributed by atoms with Crippen LogP contribution in [0.25, 0.3) is 0 Å². The van der Waals surface area contributed by atoms with Gasteiger partial charge in [-0.2, -0.15) is 0 Å². The summed E-state index contributed by atoms with van der Waals surface area (Å²) in [4.78, 5) is 0. The molecule has 0 saturated carbocycles. The van der Waals surface area contributed by atoms with E-state index in [1.165, 1.54) is 0 Å². The Morgan fingerprint density at radius 2 is 2.07 bits per heavy atom. The van der Waals surface area contributed by atoms with Crippen molar-refractivity contribution in [1.82, 2.24) is 0 Å². The van der Waals surface area contributed by atoms with Gasteiger partial charge in [0.2, 0.25) is 0 Å². The van der Waals surface area contributed by atoms with Crippen LogP contribution in [0.4, 0.5) is 0 Å². The molecule has 0 heterocycles. The quantitative estimate of drug-likeness (QED) is 0.702. The maximum absolute atomic E-state index is 5.88. The molecule has 78 valence electrons. The Morgan fingerprint density at radius 3 is 2.71 bits per heavy atom. The van der Waals surface area contributed by atoms with Crippen LogP contribution in [0.15, 0.2) is 18.2 Å². The van der Waals surface area contributed by atoms with Gasteiger partial charge in [0.05, 0.1) is 6.61 Å². The molecule has 0 aliphatic carbocycles. The molecule has 0 aromatic heterocycles. The lowest BCUT2D eigenvalue weighted by atomic mass is 10.1. The molecule has 1 aromatic rings. The molecule has 2 nitrogen and oxygen atoms in total. The Balaban J connectivity index is 2.65.